The molecular formula is C12H6Cl6. The number of alkyl halides is 4. The third-order valence-electron chi connectivity index (χ3n) is 2.50. The molecule has 6 heteroatoms. The predicted octanol–water partition coefficient (Wildman–Crippen LogP) is 6.12. The van der Waals surface area contributed by atoms with Crippen LogP contribution in [-0.2, 0) is 0 Å². The highest BCUT2D eigenvalue weighted by Crippen LogP contribution is 2.55. The summed E-state index contributed by atoms with van der Waals surface area (Å²) < 4.78 is -2.90. The largest absolute Gasteiger partial charge is 0.180 e. The van der Waals surface area contributed by atoms with Gasteiger partial charge in [-0.25, -0.2) is 0 Å². The molecule has 0 nitrogen and oxygen atoms in total. The fourth-order valence-corrected chi connectivity index (χ4v) is 3.35. The van der Waals surface area contributed by atoms with E-state index in [9.17, 15) is 0 Å². The average molecular weight is 363 g/mol. The van der Waals surface area contributed by atoms with Gasteiger partial charge < -0.3 is 0 Å². The zero-order chi connectivity index (χ0) is 13.6. The number of rotatable bonds is 1. The van der Waals surface area contributed by atoms with Crippen molar-refractivity contribution in [2.45, 2.75) is 8.67 Å². The molecule has 0 heterocycles. The Hall–Kier alpha value is 0.440. The van der Waals surface area contributed by atoms with E-state index in [0.29, 0.717) is 11.1 Å². The predicted molar refractivity (Wildman–Crippen MR) is 82.0 cm³/mol. The molecule has 0 saturated carbocycles. The van der Waals surface area contributed by atoms with Crippen molar-refractivity contribution in [3.63, 3.8) is 0 Å². The summed E-state index contributed by atoms with van der Waals surface area (Å²) >= 11 is 36.9. The first-order chi connectivity index (χ1) is 8.27. The third kappa shape index (κ3) is 2.52. The lowest BCUT2D eigenvalue weighted by atomic mass is 9.96. The summed E-state index contributed by atoms with van der Waals surface area (Å²) in [4.78, 5) is 0. The van der Waals surface area contributed by atoms with Crippen molar-refractivity contribution in [3.05, 3.63) is 52.0 Å². The Morgan fingerprint density at radius 2 is 1.39 bits per heavy atom. The van der Waals surface area contributed by atoms with E-state index < -0.39 is 8.67 Å². The highest BCUT2D eigenvalue weighted by atomic mass is 35.5. The zero-order valence-corrected chi connectivity index (χ0v) is 13.3. The topological polar surface area (TPSA) is 0 Å². The monoisotopic (exact) mass is 360 g/mol. The highest BCUT2D eigenvalue weighted by Gasteiger charge is 2.46. The summed E-state index contributed by atoms with van der Waals surface area (Å²) in [5.41, 5.74) is 1.11. The van der Waals surface area contributed by atoms with Crippen LogP contribution in [0.1, 0.15) is 5.56 Å². The molecule has 0 aromatic heterocycles. The smallest absolute Gasteiger partial charge is 0.0905 e. The summed E-state index contributed by atoms with van der Waals surface area (Å²) in [6.07, 6.45) is 1.33. The van der Waals surface area contributed by atoms with Gasteiger partial charge in [-0.2, -0.15) is 0 Å². The molecule has 0 N–H and O–H groups in total. The van der Waals surface area contributed by atoms with Gasteiger partial charge in [0, 0.05) is 5.57 Å². The van der Waals surface area contributed by atoms with Crippen molar-refractivity contribution in [1.29, 1.82) is 0 Å². The molecule has 96 valence electrons. The molecule has 18 heavy (non-hydrogen) atoms. The van der Waals surface area contributed by atoms with Gasteiger partial charge in [-0.1, -0.05) is 99.9 Å². The molecule has 1 aromatic carbocycles. The molecule has 0 atom stereocenters. The van der Waals surface area contributed by atoms with Gasteiger partial charge in [0.2, 0.25) is 0 Å². The molecule has 0 bridgehead atoms. The molecule has 0 unspecified atom stereocenters. The van der Waals surface area contributed by atoms with Crippen LogP contribution in [0.4, 0.5) is 0 Å². The van der Waals surface area contributed by atoms with E-state index in [1.807, 2.05) is 18.2 Å². The maximum Gasteiger partial charge on any atom is 0.180 e. The van der Waals surface area contributed by atoms with Crippen molar-refractivity contribution in [3.8, 4) is 0 Å². The van der Waals surface area contributed by atoms with Gasteiger partial charge in [-0.05, 0) is 11.6 Å². The lowest BCUT2D eigenvalue weighted by Gasteiger charge is -2.33. The Morgan fingerprint density at radius 3 is 1.94 bits per heavy atom. The minimum Gasteiger partial charge on any atom is -0.0905 e. The third-order valence-corrected chi connectivity index (χ3v) is 5.14. The van der Waals surface area contributed by atoms with Crippen LogP contribution in [0.15, 0.2) is 46.5 Å². The standard InChI is InChI=1S/C12H6Cl6/c13-8-6-11(15,16)10(14)9(12(8,17)18)7-4-2-1-3-5-7/h1-6H. The molecule has 0 radical (unpaired) electrons. The van der Waals surface area contributed by atoms with Crippen LogP contribution in [-0.4, -0.2) is 8.67 Å². The number of hydrogen-bond acceptors (Lipinski definition) is 0. The maximum absolute atomic E-state index is 6.25. The summed E-state index contributed by atoms with van der Waals surface area (Å²) in [5.74, 6) is 0. The number of hydrogen-bond donors (Lipinski definition) is 0. The molecular weight excluding hydrogens is 357 g/mol. The van der Waals surface area contributed by atoms with E-state index in [0.717, 1.165) is 0 Å². The molecule has 0 aliphatic heterocycles. The van der Waals surface area contributed by atoms with Crippen LogP contribution >= 0.6 is 69.6 Å². The van der Waals surface area contributed by atoms with Crippen LogP contribution in [0.25, 0.3) is 5.57 Å². The van der Waals surface area contributed by atoms with Crippen LogP contribution in [0.2, 0.25) is 0 Å². The second kappa shape index (κ2) is 5.09. The SMILES string of the molecule is ClC1=CC(Cl)(Cl)C(Cl)=C(c2ccccc2)C1(Cl)Cl. The first-order valence-corrected chi connectivity index (χ1v) is 7.14. The molecule has 0 fully saturated rings. The molecule has 0 saturated heterocycles. The van der Waals surface area contributed by atoms with Crippen LogP contribution < -0.4 is 0 Å². The molecule has 1 aliphatic carbocycles. The van der Waals surface area contributed by atoms with Crippen molar-refractivity contribution < 1.29 is 0 Å². The van der Waals surface area contributed by atoms with Gasteiger partial charge in [0.15, 0.2) is 8.67 Å². The molecule has 0 spiro atoms. The molecule has 0 amide bonds. The van der Waals surface area contributed by atoms with E-state index in [2.05, 4.69) is 0 Å². The van der Waals surface area contributed by atoms with Crippen LogP contribution in [0.5, 0.6) is 0 Å². The van der Waals surface area contributed by atoms with E-state index >= 15 is 0 Å². The van der Waals surface area contributed by atoms with E-state index in [1.54, 1.807) is 12.1 Å². The second-order valence-electron chi connectivity index (χ2n) is 3.74. The van der Waals surface area contributed by atoms with Gasteiger partial charge in [0.1, 0.15) is 0 Å². The second-order valence-corrected chi connectivity index (χ2v) is 7.24. The summed E-state index contributed by atoms with van der Waals surface area (Å²) in [6, 6.07) is 9.11. The molecule has 1 aliphatic rings. The van der Waals surface area contributed by atoms with E-state index in [-0.39, 0.29) is 10.1 Å². The van der Waals surface area contributed by atoms with Crippen molar-refractivity contribution >= 4 is 75.2 Å². The lowest BCUT2D eigenvalue weighted by molar-refractivity contribution is 1.10. The lowest BCUT2D eigenvalue weighted by Crippen LogP contribution is -2.28. The van der Waals surface area contributed by atoms with Crippen molar-refractivity contribution in [2.75, 3.05) is 0 Å². The summed E-state index contributed by atoms with van der Waals surface area (Å²) in [7, 11) is 0. The van der Waals surface area contributed by atoms with E-state index in [1.165, 1.54) is 6.08 Å². The first-order valence-electron chi connectivity index (χ1n) is 4.87. The minimum atomic E-state index is -1.47. The molecule has 1 aromatic rings. The van der Waals surface area contributed by atoms with Crippen molar-refractivity contribution in [2.24, 2.45) is 0 Å². The number of allylic oxidation sites excluding steroid dienone is 4. The maximum atomic E-state index is 6.25. The first kappa shape index (κ1) is 14.8. The highest BCUT2D eigenvalue weighted by molar-refractivity contribution is 6.66. The van der Waals surface area contributed by atoms with Crippen LogP contribution in [0, 0.1) is 0 Å². The minimum absolute atomic E-state index is 0.124. The van der Waals surface area contributed by atoms with Gasteiger partial charge in [0.05, 0.1) is 10.1 Å². The van der Waals surface area contributed by atoms with E-state index in [4.69, 9.17) is 69.6 Å². The Morgan fingerprint density at radius 1 is 0.833 bits per heavy atom. The Bertz CT molecular complexity index is 527. The van der Waals surface area contributed by atoms with Gasteiger partial charge >= 0.3 is 0 Å². The number of benzene rings is 1. The molecule has 2 rings (SSSR count). The van der Waals surface area contributed by atoms with Gasteiger partial charge in [0.25, 0.3) is 0 Å². The number of halogens is 6. The quantitative estimate of drug-likeness (QED) is 0.528. The van der Waals surface area contributed by atoms with Crippen LogP contribution in [0.3, 0.4) is 0 Å². The van der Waals surface area contributed by atoms with Gasteiger partial charge in [-0.3, -0.25) is 0 Å². The fraction of sp³-hybridized carbons (Fsp3) is 0.167. The summed E-state index contributed by atoms with van der Waals surface area (Å²) in [6.45, 7) is 0. The Balaban J connectivity index is 2.69. The normalized spacial score (nSPS) is 21.8. The zero-order valence-electron chi connectivity index (χ0n) is 8.73. The fourth-order valence-electron chi connectivity index (χ4n) is 1.65. The van der Waals surface area contributed by atoms with Gasteiger partial charge in [-0.15, -0.1) is 0 Å². The Labute approximate surface area is 135 Å². The van der Waals surface area contributed by atoms with Crippen molar-refractivity contribution in [1.82, 2.24) is 0 Å². The summed E-state index contributed by atoms with van der Waals surface area (Å²) in [5, 5.41) is 0.269. The average Bonchev–Trinajstić information content (AvgIpc) is 2.28. The Kier molecular flexibility index (Phi) is 4.19.